The Hall–Kier alpha value is -2.62. The van der Waals surface area contributed by atoms with Crippen LogP contribution in [0.5, 0.6) is 0 Å². The van der Waals surface area contributed by atoms with Gasteiger partial charge in [-0.3, -0.25) is 4.79 Å². The molecule has 24 heavy (non-hydrogen) atoms. The van der Waals surface area contributed by atoms with Crippen LogP contribution in [0.2, 0.25) is 0 Å². The molecule has 4 nitrogen and oxygen atoms in total. The predicted octanol–water partition coefficient (Wildman–Crippen LogP) is 3.04. The lowest BCUT2D eigenvalue weighted by Gasteiger charge is -2.14. The van der Waals surface area contributed by atoms with Gasteiger partial charge in [0, 0.05) is 6.54 Å². The van der Waals surface area contributed by atoms with Crippen molar-refractivity contribution in [3.63, 3.8) is 0 Å². The molecule has 0 unspecified atom stereocenters. The molecule has 0 radical (unpaired) electrons. The summed E-state index contributed by atoms with van der Waals surface area (Å²) in [6, 6.07) is 15.3. The minimum atomic E-state index is -0.825. The Morgan fingerprint density at radius 3 is 2.62 bits per heavy atom. The van der Waals surface area contributed by atoms with Gasteiger partial charge in [0.1, 0.15) is 0 Å². The van der Waals surface area contributed by atoms with Crippen molar-refractivity contribution in [2.45, 2.75) is 38.8 Å². The number of nitrogens with one attached hydrogen (secondary N) is 1. The first-order chi connectivity index (χ1) is 11.6. The SMILES string of the molecule is C[C@@H](OC(=O)c1ccc2c(c1)CCC2)C(=O)NCc1ccccc1. The number of benzene rings is 2. The fourth-order valence-corrected chi connectivity index (χ4v) is 2.91. The molecule has 1 amide bonds. The van der Waals surface area contributed by atoms with Crippen LogP contribution in [-0.4, -0.2) is 18.0 Å². The average molecular weight is 323 g/mol. The molecule has 2 aromatic carbocycles. The van der Waals surface area contributed by atoms with E-state index in [1.807, 2.05) is 42.5 Å². The van der Waals surface area contributed by atoms with E-state index < -0.39 is 12.1 Å². The molecule has 1 atom stereocenters. The normalized spacial score (nSPS) is 13.9. The monoisotopic (exact) mass is 323 g/mol. The first kappa shape index (κ1) is 16.2. The minimum Gasteiger partial charge on any atom is -0.449 e. The van der Waals surface area contributed by atoms with E-state index in [-0.39, 0.29) is 5.91 Å². The second-order valence-electron chi connectivity index (χ2n) is 6.09. The summed E-state index contributed by atoms with van der Waals surface area (Å²) < 4.78 is 5.30. The molecule has 0 bridgehead atoms. The Kier molecular flexibility index (Phi) is 4.94. The van der Waals surface area contributed by atoms with E-state index in [0.717, 1.165) is 24.8 Å². The maximum atomic E-state index is 12.2. The zero-order chi connectivity index (χ0) is 16.9. The number of fused-ring (bicyclic) bond motifs is 1. The Labute approximate surface area is 141 Å². The molecular weight excluding hydrogens is 302 g/mol. The Morgan fingerprint density at radius 1 is 1.08 bits per heavy atom. The summed E-state index contributed by atoms with van der Waals surface area (Å²) in [4.78, 5) is 24.3. The van der Waals surface area contributed by atoms with Gasteiger partial charge in [-0.2, -0.15) is 0 Å². The first-order valence-electron chi connectivity index (χ1n) is 8.28. The van der Waals surface area contributed by atoms with E-state index in [9.17, 15) is 9.59 Å². The topological polar surface area (TPSA) is 55.4 Å². The molecule has 2 aromatic rings. The molecular formula is C20H21NO3. The zero-order valence-electron chi connectivity index (χ0n) is 13.7. The first-order valence-corrected chi connectivity index (χ1v) is 8.28. The molecule has 0 fully saturated rings. The van der Waals surface area contributed by atoms with Crippen LogP contribution in [0, 0.1) is 0 Å². The van der Waals surface area contributed by atoms with Crippen molar-refractivity contribution < 1.29 is 14.3 Å². The van der Waals surface area contributed by atoms with E-state index in [1.54, 1.807) is 13.0 Å². The molecule has 0 heterocycles. The van der Waals surface area contributed by atoms with Crippen molar-refractivity contribution in [3.8, 4) is 0 Å². The highest BCUT2D eigenvalue weighted by molar-refractivity contribution is 5.92. The van der Waals surface area contributed by atoms with Crippen LogP contribution >= 0.6 is 0 Å². The van der Waals surface area contributed by atoms with Crippen LogP contribution in [0.4, 0.5) is 0 Å². The molecule has 0 spiro atoms. The van der Waals surface area contributed by atoms with E-state index >= 15 is 0 Å². The zero-order valence-corrected chi connectivity index (χ0v) is 13.7. The van der Waals surface area contributed by atoms with E-state index in [1.165, 1.54) is 11.1 Å². The number of ether oxygens (including phenoxy) is 1. The smallest absolute Gasteiger partial charge is 0.338 e. The summed E-state index contributed by atoms with van der Waals surface area (Å²) in [5.41, 5.74) is 4.03. The van der Waals surface area contributed by atoms with Crippen LogP contribution in [0.15, 0.2) is 48.5 Å². The van der Waals surface area contributed by atoms with Gasteiger partial charge >= 0.3 is 5.97 Å². The molecule has 3 rings (SSSR count). The van der Waals surface area contributed by atoms with Crippen LogP contribution < -0.4 is 5.32 Å². The predicted molar refractivity (Wildman–Crippen MR) is 91.6 cm³/mol. The van der Waals surface area contributed by atoms with Crippen molar-refractivity contribution in [3.05, 3.63) is 70.8 Å². The lowest BCUT2D eigenvalue weighted by Crippen LogP contribution is -2.35. The second-order valence-corrected chi connectivity index (χ2v) is 6.09. The fourth-order valence-electron chi connectivity index (χ4n) is 2.91. The van der Waals surface area contributed by atoms with Crippen molar-refractivity contribution in [2.24, 2.45) is 0 Å². The van der Waals surface area contributed by atoms with E-state index in [4.69, 9.17) is 4.74 Å². The number of hydrogen-bond donors (Lipinski definition) is 1. The molecule has 124 valence electrons. The molecule has 4 heteroatoms. The highest BCUT2D eigenvalue weighted by atomic mass is 16.5. The highest BCUT2D eigenvalue weighted by Crippen LogP contribution is 2.23. The van der Waals surface area contributed by atoms with E-state index in [2.05, 4.69) is 5.32 Å². The highest BCUT2D eigenvalue weighted by Gasteiger charge is 2.20. The molecule has 0 saturated heterocycles. The van der Waals surface area contributed by atoms with Gasteiger partial charge < -0.3 is 10.1 Å². The van der Waals surface area contributed by atoms with Gasteiger partial charge in [-0.1, -0.05) is 36.4 Å². The number of aryl methyl sites for hydroxylation is 2. The molecule has 1 N–H and O–H groups in total. The molecule has 0 aromatic heterocycles. The van der Waals surface area contributed by atoms with Crippen molar-refractivity contribution >= 4 is 11.9 Å². The summed E-state index contributed by atoms with van der Waals surface area (Å²) in [5.74, 6) is -0.750. The average Bonchev–Trinajstić information content (AvgIpc) is 3.08. The number of carbonyl (C=O) groups is 2. The second kappa shape index (κ2) is 7.30. The van der Waals surface area contributed by atoms with Crippen molar-refractivity contribution in [2.75, 3.05) is 0 Å². The molecule has 1 aliphatic carbocycles. The summed E-state index contributed by atoms with van der Waals surface area (Å²) in [7, 11) is 0. The molecule has 0 aliphatic heterocycles. The molecule has 0 saturated carbocycles. The van der Waals surface area contributed by atoms with Crippen LogP contribution in [-0.2, 0) is 28.9 Å². The van der Waals surface area contributed by atoms with E-state index in [0.29, 0.717) is 12.1 Å². The Bertz CT molecular complexity index is 740. The maximum absolute atomic E-state index is 12.2. The van der Waals surface area contributed by atoms with Crippen molar-refractivity contribution in [1.29, 1.82) is 0 Å². The third-order valence-electron chi connectivity index (χ3n) is 4.30. The third-order valence-corrected chi connectivity index (χ3v) is 4.30. The van der Waals surface area contributed by atoms with Gasteiger partial charge in [0.25, 0.3) is 5.91 Å². The summed E-state index contributed by atoms with van der Waals surface area (Å²) in [6.45, 7) is 2.01. The number of carbonyl (C=O) groups excluding carboxylic acids is 2. The van der Waals surface area contributed by atoms with Gasteiger partial charge in [-0.25, -0.2) is 4.79 Å². The quantitative estimate of drug-likeness (QED) is 0.861. The number of hydrogen-bond acceptors (Lipinski definition) is 3. The lowest BCUT2D eigenvalue weighted by atomic mass is 10.1. The van der Waals surface area contributed by atoms with Crippen LogP contribution in [0.3, 0.4) is 0 Å². The summed E-state index contributed by atoms with van der Waals surface area (Å²) in [6.07, 6.45) is 2.38. The van der Waals surface area contributed by atoms with Crippen LogP contribution in [0.25, 0.3) is 0 Å². The van der Waals surface area contributed by atoms with Crippen molar-refractivity contribution in [1.82, 2.24) is 5.32 Å². The fraction of sp³-hybridized carbons (Fsp3) is 0.300. The maximum Gasteiger partial charge on any atom is 0.338 e. The largest absolute Gasteiger partial charge is 0.449 e. The third kappa shape index (κ3) is 3.82. The number of amides is 1. The van der Waals surface area contributed by atoms with Gasteiger partial charge in [0.05, 0.1) is 5.56 Å². The Morgan fingerprint density at radius 2 is 1.83 bits per heavy atom. The Balaban J connectivity index is 1.54. The van der Waals surface area contributed by atoms with Gasteiger partial charge in [-0.05, 0) is 55.0 Å². The summed E-state index contributed by atoms with van der Waals surface area (Å²) in [5, 5.41) is 2.78. The number of esters is 1. The van der Waals surface area contributed by atoms with Gasteiger partial charge in [-0.15, -0.1) is 0 Å². The molecule has 1 aliphatic rings. The minimum absolute atomic E-state index is 0.298. The summed E-state index contributed by atoms with van der Waals surface area (Å²) >= 11 is 0. The number of rotatable bonds is 5. The van der Waals surface area contributed by atoms with Gasteiger partial charge in [0.15, 0.2) is 6.10 Å². The standard InChI is InChI=1S/C20H21NO3/c1-14(19(22)21-13-15-6-3-2-4-7-15)24-20(23)18-11-10-16-8-5-9-17(16)12-18/h2-4,6-7,10-12,14H,5,8-9,13H2,1H3,(H,21,22)/t14-/m1/s1. The lowest BCUT2D eigenvalue weighted by molar-refractivity contribution is -0.129. The van der Waals surface area contributed by atoms with Crippen LogP contribution in [0.1, 0.15) is 40.4 Å². The van der Waals surface area contributed by atoms with Gasteiger partial charge in [0.2, 0.25) is 0 Å².